The quantitative estimate of drug-likeness (QED) is 0.710. The van der Waals surface area contributed by atoms with Crippen LogP contribution >= 0.6 is 0 Å². The van der Waals surface area contributed by atoms with Gasteiger partial charge in [-0.2, -0.15) is 0 Å². The molecule has 0 radical (unpaired) electrons. The maximum Gasteiger partial charge on any atom is 0.234 e. The van der Waals surface area contributed by atoms with Crippen LogP contribution in [-0.4, -0.2) is 42.0 Å². The molecule has 1 aromatic heterocycles. The van der Waals surface area contributed by atoms with Crippen molar-refractivity contribution in [2.45, 2.75) is 25.2 Å². The van der Waals surface area contributed by atoms with Crippen LogP contribution in [0.1, 0.15) is 30.2 Å². The molecule has 0 spiro atoms. The Balaban J connectivity index is 1.20. The normalized spacial score (nSPS) is 15.8. The number of hydrogen-bond acceptors (Lipinski definition) is 4. The SMILES string of the molecule is O=C(CN1CCC(c2nc3ccccc3o2)CC1)NCCc1ccc(F)cc1. The Morgan fingerprint density at radius 3 is 2.64 bits per heavy atom. The van der Waals surface area contributed by atoms with E-state index in [0.717, 1.165) is 48.5 Å². The lowest BCUT2D eigenvalue weighted by Gasteiger charge is -2.29. The van der Waals surface area contributed by atoms with E-state index in [4.69, 9.17) is 4.42 Å². The van der Waals surface area contributed by atoms with Crippen molar-refractivity contribution in [3.63, 3.8) is 0 Å². The Labute approximate surface area is 163 Å². The van der Waals surface area contributed by atoms with Gasteiger partial charge in [0.25, 0.3) is 0 Å². The summed E-state index contributed by atoms with van der Waals surface area (Å²) in [6.07, 6.45) is 2.58. The fourth-order valence-electron chi connectivity index (χ4n) is 3.66. The molecule has 0 saturated carbocycles. The summed E-state index contributed by atoms with van der Waals surface area (Å²) in [7, 11) is 0. The lowest BCUT2D eigenvalue weighted by atomic mass is 9.97. The zero-order valence-electron chi connectivity index (χ0n) is 15.7. The van der Waals surface area contributed by atoms with E-state index in [0.29, 0.717) is 25.4 Å². The molecule has 1 saturated heterocycles. The van der Waals surface area contributed by atoms with Gasteiger partial charge in [-0.25, -0.2) is 9.37 Å². The summed E-state index contributed by atoms with van der Waals surface area (Å²) in [5, 5.41) is 2.95. The van der Waals surface area contributed by atoms with Gasteiger partial charge < -0.3 is 9.73 Å². The van der Waals surface area contributed by atoms with Crippen LogP contribution in [-0.2, 0) is 11.2 Å². The highest BCUT2D eigenvalue weighted by Crippen LogP contribution is 2.29. The van der Waals surface area contributed by atoms with Crippen LogP contribution in [0.15, 0.2) is 52.9 Å². The van der Waals surface area contributed by atoms with Crippen LogP contribution in [0.25, 0.3) is 11.1 Å². The fraction of sp³-hybridized carbons (Fsp3) is 0.364. The van der Waals surface area contributed by atoms with E-state index in [1.54, 1.807) is 12.1 Å². The van der Waals surface area contributed by atoms with Gasteiger partial charge in [-0.15, -0.1) is 0 Å². The van der Waals surface area contributed by atoms with Gasteiger partial charge in [0, 0.05) is 12.5 Å². The number of carbonyl (C=O) groups is 1. The first-order chi connectivity index (χ1) is 13.7. The van der Waals surface area contributed by atoms with E-state index in [-0.39, 0.29) is 11.7 Å². The molecular weight excluding hydrogens is 357 g/mol. The number of nitrogens with zero attached hydrogens (tertiary/aromatic N) is 2. The van der Waals surface area contributed by atoms with Gasteiger partial charge in [-0.3, -0.25) is 9.69 Å². The number of piperidine rings is 1. The minimum atomic E-state index is -0.242. The zero-order chi connectivity index (χ0) is 19.3. The first-order valence-corrected chi connectivity index (χ1v) is 9.76. The summed E-state index contributed by atoms with van der Waals surface area (Å²) in [4.78, 5) is 19.0. The molecular formula is C22H24FN3O2. The number of amides is 1. The van der Waals surface area contributed by atoms with Crippen LogP contribution in [0.5, 0.6) is 0 Å². The standard InChI is InChI=1S/C22H24FN3O2/c23-18-7-5-16(6-8-18)9-12-24-21(27)15-26-13-10-17(11-14-26)22-25-19-3-1-2-4-20(19)28-22/h1-8,17H,9-15H2,(H,24,27). The van der Waals surface area contributed by atoms with Gasteiger partial charge in [0.1, 0.15) is 11.3 Å². The summed E-state index contributed by atoms with van der Waals surface area (Å²) in [6.45, 7) is 2.68. The summed E-state index contributed by atoms with van der Waals surface area (Å²) in [5.41, 5.74) is 2.75. The van der Waals surface area contributed by atoms with E-state index in [1.807, 2.05) is 24.3 Å². The molecule has 0 bridgehead atoms. The van der Waals surface area contributed by atoms with E-state index in [2.05, 4.69) is 15.2 Å². The molecule has 28 heavy (non-hydrogen) atoms. The minimum absolute atomic E-state index is 0.0300. The average Bonchev–Trinajstić information content (AvgIpc) is 3.14. The maximum atomic E-state index is 12.9. The van der Waals surface area contributed by atoms with Crippen LogP contribution in [0.2, 0.25) is 0 Å². The smallest absolute Gasteiger partial charge is 0.234 e. The van der Waals surface area contributed by atoms with Gasteiger partial charge in [-0.05, 0) is 62.2 Å². The third kappa shape index (κ3) is 4.57. The Kier molecular flexibility index (Phi) is 5.67. The molecule has 5 nitrogen and oxygen atoms in total. The lowest BCUT2D eigenvalue weighted by Crippen LogP contribution is -2.41. The molecule has 146 valence electrons. The number of fused-ring (bicyclic) bond motifs is 1. The van der Waals surface area contributed by atoms with Gasteiger partial charge in [0.2, 0.25) is 5.91 Å². The number of aromatic nitrogens is 1. The summed E-state index contributed by atoms with van der Waals surface area (Å²) in [6, 6.07) is 14.2. The third-order valence-electron chi connectivity index (χ3n) is 5.26. The first kappa shape index (κ1) is 18.6. The van der Waals surface area contributed by atoms with Crippen molar-refractivity contribution in [1.29, 1.82) is 0 Å². The van der Waals surface area contributed by atoms with Crippen molar-refractivity contribution >= 4 is 17.0 Å². The van der Waals surface area contributed by atoms with E-state index < -0.39 is 0 Å². The van der Waals surface area contributed by atoms with Gasteiger partial charge in [0.15, 0.2) is 11.5 Å². The van der Waals surface area contributed by atoms with E-state index >= 15 is 0 Å². The van der Waals surface area contributed by atoms with Crippen LogP contribution in [0.3, 0.4) is 0 Å². The predicted octanol–water partition coefficient (Wildman–Crippen LogP) is 3.51. The van der Waals surface area contributed by atoms with Crippen molar-refractivity contribution in [3.8, 4) is 0 Å². The second-order valence-electron chi connectivity index (χ2n) is 7.30. The van der Waals surface area contributed by atoms with Crippen molar-refractivity contribution in [3.05, 3.63) is 65.8 Å². The third-order valence-corrected chi connectivity index (χ3v) is 5.26. The Hall–Kier alpha value is -2.73. The zero-order valence-corrected chi connectivity index (χ0v) is 15.7. The van der Waals surface area contributed by atoms with Crippen molar-refractivity contribution in [2.24, 2.45) is 0 Å². The summed E-state index contributed by atoms with van der Waals surface area (Å²) < 4.78 is 18.8. The Morgan fingerprint density at radius 2 is 1.89 bits per heavy atom. The highest BCUT2D eigenvalue weighted by Gasteiger charge is 2.25. The molecule has 4 rings (SSSR count). The molecule has 1 aliphatic rings. The number of carbonyl (C=O) groups excluding carboxylic acids is 1. The highest BCUT2D eigenvalue weighted by molar-refractivity contribution is 5.78. The number of oxazole rings is 1. The second kappa shape index (κ2) is 8.52. The van der Waals surface area contributed by atoms with Crippen molar-refractivity contribution in [2.75, 3.05) is 26.2 Å². The molecule has 3 aromatic rings. The van der Waals surface area contributed by atoms with Crippen molar-refractivity contribution in [1.82, 2.24) is 15.2 Å². The molecule has 6 heteroatoms. The largest absolute Gasteiger partial charge is 0.440 e. The van der Waals surface area contributed by atoms with Crippen LogP contribution in [0, 0.1) is 5.82 Å². The van der Waals surface area contributed by atoms with E-state index in [9.17, 15) is 9.18 Å². The predicted molar refractivity (Wildman–Crippen MR) is 106 cm³/mol. The highest BCUT2D eigenvalue weighted by atomic mass is 19.1. The molecule has 1 aliphatic heterocycles. The summed E-state index contributed by atoms with van der Waals surface area (Å²) >= 11 is 0. The lowest BCUT2D eigenvalue weighted by molar-refractivity contribution is -0.122. The van der Waals surface area contributed by atoms with Gasteiger partial charge in [-0.1, -0.05) is 24.3 Å². The average molecular weight is 381 g/mol. The number of benzene rings is 2. The fourth-order valence-corrected chi connectivity index (χ4v) is 3.66. The Bertz CT molecular complexity index is 897. The van der Waals surface area contributed by atoms with Gasteiger partial charge in [0.05, 0.1) is 6.54 Å². The monoisotopic (exact) mass is 381 g/mol. The molecule has 0 unspecified atom stereocenters. The van der Waals surface area contributed by atoms with Crippen molar-refractivity contribution < 1.29 is 13.6 Å². The molecule has 1 fully saturated rings. The van der Waals surface area contributed by atoms with Crippen LogP contribution < -0.4 is 5.32 Å². The van der Waals surface area contributed by atoms with Gasteiger partial charge >= 0.3 is 0 Å². The minimum Gasteiger partial charge on any atom is -0.440 e. The molecule has 2 heterocycles. The Morgan fingerprint density at radius 1 is 1.14 bits per heavy atom. The number of para-hydroxylation sites is 2. The molecule has 0 atom stereocenters. The number of rotatable bonds is 6. The number of hydrogen-bond donors (Lipinski definition) is 1. The topological polar surface area (TPSA) is 58.4 Å². The molecule has 2 aromatic carbocycles. The number of likely N-dealkylation sites (tertiary alicyclic amines) is 1. The number of halogens is 1. The molecule has 1 amide bonds. The maximum absolute atomic E-state index is 12.9. The molecule has 0 aliphatic carbocycles. The van der Waals surface area contributed by atoms with E-state index in [1.165, 1.54) is 12.1 Å². The second-order valence-corrected chi connectivity index (χ2v) is 7.30. The molecule has 1 N–H and O–H groups in total. The van der Waals surface area contributed by atoms with Crippen LogP contribution in [0.4, 0.5) is 4.39 Å². The summed E-state index contributed by atoms with van der Waals surface area (Å²) in [5.74, 6) is 0.909. The number of nitrogens with one attached hydrogen (secondary N) is 1. The first-order valence-electron chi connectivity index (χ1n) is 9.76.